The number of aliphatic hydroxyl groups is 1. The number of hydrogen-bond acceptors (Lipinski definition) is 5. The van der Waals surface area contributed by atoms with Gasteiger partial charge in [0.2, 0.25) is 0 Å². The molecular formula is C13H18N2O4. The third-order valence-electron chi connectivity index (χ3n) is 3.32. The van der Waals surface area contributed by atoms with Crippen molar-refractivity contribution in [3.8, 4) is 5.75 Å². The highest BCUT2D eigenvalue weighted by Crippen LogP contribution is 2.32. The van der Waals surface area contributed by atoms with Gasteiger partial charge in [-0.15, -0.1) is 0 Å². The van der Waals surface area contributed by atoms with Gasteiger partial charge in [-0.05, 0) is 19.8 Å². The van der Waals surface area contributed by atoms with E-state index in [9.17, 15) is 15.2 Å². The van der Waals surface area contributed by atoms with Crippen LogP contribution in [-0.4, -0.2) is 35.8 Å². The van der Waals surface area contributed by atoms with Crippen molar-refractivity contribution in [1.29, 1.82) is 0 Å². The van der Waals surface area contributed by atoms with Crippen LogP contribution in [0.2, 0.25) is 0 Å². The molecule has 1 atom stereocenters. The van der Waals surface area contributed by atoms with Crippen molar-refractivity contribution in [1.82, 2.24) is 0 Å². The summed E-state index contributed by atoms with van der Waals surface area (Å²) < 4.78 is 5.37. The molecule has 1 saturated heterocycles. The summed E-state index contributed by atoms with van der Waals surface area (Å²) in [6.07, 6.45) is 1.89. The zero-order valence-electron chi connectivity index (χ0n) is 10.9. The van der Waals surface area contributed by atoms with Crippen LogP contribution in [-0.2, 0) is 0 Å². The average molecular weight is 266 g/mol. The van der Waals surface area contributed by atoms with Crippen molar-refractivity contribution in [2.45, 2.75) is 25.8 Å². The molecule has 6 heteroatoms. The molecule has 0 radical (unpaired) electrons. The monoisotopic (exact) mass is 266 g/mol. The molecule has 0 saturated carbocycles. The number of non-ortho nitro benzene ring substituents is 1. The predicted octanol–water partition coefficient (Wildman–Crippen LogP) is 1.95. The second kappa shape index (κ2) is 5.88. The Labute approximate surface area is 111 Å². The van der Waals surface area contributed by atoms with Gasteiger partial charge < -0.3 is 14.7 Å². The number of anilines is 1. The highest BCUT2D eigenvalue weighted by Gasteiger charge is 2.25. The lowest BCUT2D eigenvalue weighted by Gasteiger charge is -2.25. The number of aliphatic hydroxyl groups excluding tert-OH is 1. The van der Waals surface area contributed by atoms with Crippen LogP contribution in [0.3, 0.4) is 0 Å². The summed E-state index contributed by atoms with van der Waals surface area (Å²) in [5.41, 5.74) is 0.763. The number of benzene rings is 1. The van der Waals surface area contributed by atoms with Gasteiger partial charge in [0, 0.05) is 24.4 Å². The highest BCUT2D eigenvalue weighted by molar-refractivity contribution is 5.59. The van der Waals surface area contributed by atoms with Gasteiger partial charge in [0.15, 0.2) is 0 Å². The minimum atomic E-state index is -0.421. The largest absolute Gasteiger partial charge is 0.494 e. The normalized spacial score (nSPS) is 18.6. The second-order valence-corrected chi connectivity index (χ2v) is 4.55. The van der Waals surface area contributed by atoms with E-state index in [2.05, 4.69) is 0 Å². The molecule has 0 aliphatic carbocycles. The summed E-state index contributed by atoms with van der Waals surface area (Å²) in [5.74, 6) is 0.496. The maximum Gasteiger partial charge on any atom is 0.275 e. The molecule has 0 aromatic heterocycles. The molecule has 1 fully saturated rings. The Hall–Kier alpha value is -1.82. The van der Waals surface area contributed by atoms with E-state index in [-0.39, 0.29) is 18.3 Å². The first-order valence-corrected chi connectivity index (χ1v) is 6.45. The first-order valence-electron chi connectivity index (χ1n) is 6.45. The molecule has 0 spiro atoms. The van der Waals surface area contributed by atoms with Crippen LogP contribution in [0.5, 0.6) is 5.75 Å². The maximum atomic E-state index is 11.0. The van der Waals surface area contributed by atoms with Crippen molar-refractivity contribution < 1.29 is 14.8 Å². The van der Waals surface area contributed by atoms with Gasteiger partial charge in [0.05, 0.1) is 30.2 Å². The minimum Gasteiger partial charge on any atom is -0.494 e. The Balaban J connectivity index is 2.35. The van der Waals surface area contributed by atoms with Gasteiger partial charge in [0.1, 0.15) is 5.75 Å². The molecule has 1 aromatic carbocycles. The molecule has 1 aliphatic heterocycles. The van der Waals surface area contributed by atoms with Crippen LogP contribution in [0.4, 0.5) is 11.4 Å². The Morgan fingerprint density at radius 2 is 2.32 bits per heavy atom. The number of nitro groups is 1. The first-order chi connectivity index (χ1) is 9.15. The molecule has 1 N–H and O–H groups in total. The smallest absolute Gasteiger partial charge is 0.275 e. The predicted molar refractivity (Wildman–Crippen MR) is 71.7 cm³/mol. The summed E-state index contributed by atoms with van der Waals surface area (Å²) in [6, 6.07) is 4.80. The SMILES string of the molecule is CCOc1cc(N2CCCC2CO)cc([N+](=O)[O-])c1. The minimum absolute atomic E-state index is 0.0181. The van der Waals surface area contributed by atoms with Crippen molar-refractivity contribution in [2.24, 2.45) is 0 Å². The summed E-state index contributed by atoms with van der Waals surface area (Å²) >= 11 is 0. The Morgan fingerprint density at radius 1 is 1.53 bits per heavy atom. The van der Waals surface area contributed by atoms with Crippen LogP contribution >= 0.6 is 0 Å². The summed E-state index contributed by atoms with van der Waals surface area (Å²) in [6.45, 7) is 3.17. The maximum absolute atomic E-state index is 11.0. The lowest BCUT2D eigenvalue weighted by molar-refractivity contribution is -0.384. The number of rotatable bonds is 5. The summed E-state index contributed by atoms with van der Waals surface area (Å²) in [7, 11) is 0. The lowest BCUT2D eigenvalue weighted by Crippen LogP contribution is -2.32. The highest BCUT2D eigenvalue weighted by atomic mass is 16.6. The van der Waals surface area contributed by atoms with E-state index in [4.69, 9.17) is 4.74 Å². The zero-order chi connectivity index (χ0) is 13.8. The fourth-order valence-corrected chi connectivity index (χ4v) is 2.45. The summed E-state index contributed by atoms with van der Waals surface area (Å²) in [4.78, 5) is 12.5. The van der Waals surface area contributed by atoms with Gasteiger partial charge in [-0.3, -0.25) is 10.1 Å². The van der Waals surface area contributed by atoms with E-state index in [1.165, 1.54) is 12.1 Å². The van der Waals surface area contributed by atoms with E-state index in [1.54, 1.807) is 6.07 Å². The van der Waals surface area contributed by atoms with Crippen molar-refractivity contribution in [2.75, 3.05) is 24.7 Å². The molecule has 1 unspecified atom stereocenters. The molecule has 1 aliphatic rings. The summed E-state index contributed by atoms with van der Waals surface area (Å²) in [5, 5.41) is 20.3. The van der Waals surface area contributed by atoms with E-state index < -0.39 is 4.92 Å². The molecule has 0 bridgehead atoms. The molecule has 1 aromatic rings. The van der Waals surface area contributed by atoms with Crippen LogP contribution in [0.1, 0.15) is 19.8 Å². The molecule has 19 heavy (non-hydrogen) atoms. The molecule has 104 valence electrons. The molecule has 6 nitrogen and oxygen atoms in total. The number of hydrogen-bond donors (Lipinski definition) is 1. The van der Waals surface area contributed by atoms with Gasteiger partial charge in [0.25, 0.3) is 5.69 Å². The molecule has 0 amide bonds. The van der Waals surface area contributed by atoms with E-state index in [1.807, 2.05) is 11.8 Å². The van der Waals surface area contributed by atoms with Gasteiger partial charge in [-0.25, -0.2) is 0 Å². The number of nitrogens with zero attached hydrogens (tertiary/aromatic N) is 2. The van der Waals surface area contributed by atoms with Crippen LogP contribution in [0.25, 0.3) is 0 Å². The van der Waals surface area contributed by atoms with Crippen molar-refractivity contribution in [3.63, 3.8) is 0 Å². The fourth-order valence-electron chi connectivity index (χ4n) is 2.45. The van der Waals surface area contributed by atoms with Crippen LogP contribution in [0, 0.1) is 10.1 Å². The fraction of sp³-hybridized carbons (Fsp3) is 0.538. The molecular weight excluding hydrogens is 248 g/mol. The Bertz CT molecular complexity index is 464. The third-order valence-corrected chi connectivity index (χ3v) is 3.32. The zero-order valence-corrected chi connectivity index (χ0v) is 10.9. The van der Waals surface area contributed by atoms with Crippen molar-refractivity contribution in [3.05, 3.63) is 28.3 Å². The van der Waals surface area contributed by atoms with Crippen LogP contribution in [0.15, 0.2) is 18.2 Å². The topological polar surface area (TPSA) is 75.8 Å². The van der Waals surface area contributed by atoms with Gasteiger partial charge in [-0.2, -0.15) is 0 Å². The second-order valence-electron chi connectivity index (χ2n) is 4.55. The lowest BCUT2D eigenvalue weighted by atomic mass is 10.2. The average Bonchev–Trinajstić information content (AvgIpc) is 2.87. The van der Waals surface area contributed by atoms with E-state index in [0.717, 1.165) is 25.1 Å². The quantitative estimate of drug-likeness (QED) is 0.651. The van der Waals surface area contributed by atoms with Crippen molar-refractivity contribution >= 4 is 11.4 Å². The van der Waals surface area contributed by atoms with E-state index in [0.29, 0.717) is 12.4 Å². The standard InChI is InChI=1S/C13H18N2O4/c1-2-19-13-7-11(6-12(8-13)15(17)18)14-5-3-4-10(14)9-16/h6-8,10,16H,2-5,9H2,1H3. The molecule has 1 heterocycles. The van der Waals surface area contributed by atoms with Gasteiger partial charge >= 0.3 is 0 Å². The molecule has 2 rings (SSSR count). The number of nitro benzene ring substituents is 1. The Kier molecular flexibility index (Phi) is 4.21. The third kappa shape index (κ3) is 2.96. The number of ether oxygens (including phenoxy) is 1. The van der Waals surface area contributed by atoms with Crippen LogP contribution < -0.4 is 9.64 Å². The van der Waals surface area contributed by atoms with Gasteiger partial charge in [-0.1, -0.05) is 0 Å². The van der Waals surface area contributed by atoms with E-state index >= 15 is 0 Å². The Morgan fingerprint density at radius 3 is 2.95 bits per heavy atom. The first kappa shape index (κ1) is 13.6.